The number of halogens is 1. The van der Waals surface area contributed by atoms with Gasteiger partial charge in [0.2, 0.25) is 5.91 Å². The molecule has 1 saturated heterocycles. The first-order valence-electron chi connectivity index (χ1n) is 13.9. The number of rotatable bonds is 11. The molecule has 3 aromatic carbocycles. The fraction of sp³-hybridized carbons (Fsp3) is 0.375. The molecule has 0 aromatic heterocycles. The lowest BCUT2D eigenvalue weighted by Gasteiger charge is -2.44. The summed E-state index contributed by atoms with van der Waals surface area (Å²) in [5.74, 6) is -0.183. The van der Waals surface area contributed by atoms with Gasteiger partial charge in [0.05, 0.1) is 12.7 Å². The third-order valence-electron chi connectivity index (χ3n) is 7.86. The van der Waals surface area contributed by atoms with Crippen molar-refractivity contribution in [3.05, 3.63) is 88.4 Å². The molecule has 1 aliphatic heterocycles. The number of likely N-dealkylation sites (tertiary alicyclic amines) is 1. The van der Waals surface area contributed by atoms with Crippen LogP contribution in [0.2, 0.25) is 5.02 Å². The van der Waals surface area contributed by atoms with Gasteiger partial charge in [-0.05, 0) is 72.7 Å². The molecule has 9 heteroatoms. The summed E-state index contributed by atoms with van der Waals surface area (Å²) in [6.07, 6.45) is 2.21. The zero-order chi connectivity index (χ0) is 29.4. The number of aliphatic hydroxyl groups excluding tert-OH is 1. The summed E-state index contributed by atoms with van der Waals surface area (Å²) in [4.78, 5) is 26.9. The first kappa shape index (κ1) is 30.5. The summed E-state index contributed by atoms with van der Waals surface area (Å²) in [7, 11) is 1.60. The average Bonchev–Trinajstić information content (AvgIpc) is 3.02. The molecule has 2 atom stereocenters. The van der Waals surface area contributed by atoms with Crippen LogP contribution in [-0.4, -0.2) is 60.3 Å². The van der Waals surface area contributed by atoms with E-state index in [9.17, 15) is 14.7 Å². The van der Waals surface area contributed by atoms with Crippen LogP contribution in [0.3, 0.4) is 0 Å². The molecule has 1 aliphatic rings. The summed E-state index contributed by atoms with van der Waals surface area (Å²) < 4.78 is 5.45. The van der Waals surface area contributed by atoms with E-state index < -0.39 is 18.1 Å². The molecule has 8 nitrogen and oxygen atoms in total. The number of carbonyl (C=O) groups is 2. The van der Waals surface area contributed by atoms with Crippen LogP contribution in [0.15, 0.2) is 66.7 Å². The molecule has 0 saturated carbocycles. The van der Waals surface area contributed by atoms with Crippen LogP contribution in [0, 0.1) is 5.92 Å². The lowest BCUT2D eigenvalue weighted by molar-refractivity contribution is -0.123. The molecule has 5 N–H and O–H groups in total. The molecule has 1 fully saturated rings. The SMILES string of the molecule is COc1cccc(-c2c(Cl)cccc2C(O)(CCCNC(=O)CO)C2CCCN(C(=O)c3ccc(CN)cc3)C2)c1. The monoisotopic (exact) mass is 579 g/mol. The predicted molar refractivity (Wildman–Crippen MR) is 160 cm³/mol. The van der Waals surface area contributed by atoms with E-state index in [1.54, 1.807) is 30.2 Å². The van der Waals surface area contributed by atoms with Gasteiger partial charge >= 0.3 is 0 Å². The molecule has 0 aliphatic carbocycles. The number of methoxy groups -OCH3 is 1. The Hall–Kier alpha value is -3.43. The van der Waals surface area contributed by atoms with Gasteiger partial charge in [-0.2, -0.15) is 0 Å². The fourth-order valence-electron chi connectivity index (χ4n) is 5.67. The van der Waals surface area contributed by atoms with Gasteiger partial charge in [-0.25, -0.2) is 0 Å². The van der Waals surface area contributed by atoms with Gasteiger partial charge in [0, 0.05) is 48.2 Å². The van der Waals surface area contributed by atoms with E-state index in [1.165, 1.54) is 0 Å². The van der Waals surface area contributed by atoms with Gasteiger partial charge in [0.25, 0.3) is 5.91 Å². The highest BCUT2D eigenvalue weighted by molar-refractivity contribution is 6.33. The Morgan fingerprint density at radius 2 is 1.90 bits per heavy atom. The molecule has 0 bridgehead atoms. The highest BCUT2D eigenvalue weighted by Gasteiger charge is 2.43. The lowest BCUT2D eigenvalue weighted by Crippen LogP contribution is -2.48. The van der Waals surface area contributed by atoms with Crippen LogP contribution >= 0.6 is 11.6 Å². The second-order valence-corrected chi connectivity index (χ2v) is 10.8. The topological polar surface area (TPSA) is 125 Å². The molecule has 218 valence electrons. The Labute approximate surface area is 246 Å². The zero-order valence-corrected chi connectivity index (χ0v) is 24.1. The summed E-state index contributed by atoms with van der Waals surface area (Å²) in [6.45, 7) is 1.06. The van der Waals surface area contributed by atoms with Gasteiger partial charge in [0.1, 0.15) is 12.4 Å². The summed E-state index contributed by atoms with van der Waals surface area (Å²) in [5.41, 5.74) is 8.06. The number of aliphatic hydroxyl groups is 2. The number of hydrogen-bond donors (Lipinski definition) is 4. The number of carbonyl (C=O) groups excluding carboxylic acids is 2. The number of nitrogens with one attached hydrogen (secondary N) is 1. The zero-order valence-electron chi connectivity index (χ0n) is 23.3. The maximum absolute atomic E-state index is 13.5. The number of ether oxygens (including phenoxy) is 1. The third-order valence-corrected chi connectivity index (χ3v) is 8.17. The Morgan fingerprint density at radius 3 is 2.61 bits per heavy atom. The van der Waals surface area contributed by atoms with Gasteiger partial charge in [-0.15, -0.1) is 0 Å². The minimum atomic E-state index is -1.37. The van der Waals surface area contributed by atoms with Crippen molar-refractivity contribution in [2.24, 2.45) is 11.7 Å². The Kier molecular flexibility index (Phi) is 10.4. The number of nitrogens with zero attached hydrogens (tertiary/aromatic N) is 1. The Bertz CT molecular complexity index is 1350. The standard InChI is InChI=1S/C32H38ClN3O5/c1-41-26-8-2-6-24(18-26)30-27(9-3-10-28(30)33)32(40,15-5-16-35-29(38)21-37)25-7-4-17-36(20-25)31(39)23-13-11-22(19-34)12-14-23/h2-3,6,8-14,18,25,37,40H,4-5,7,15-17,19-21,34H2,1H3,(H,35,38). The van der Waals surface area contributed by atoms with Crippen LogP contribution in [-0.2, 0) is 16.9 Å². The summed E-state index contributed by atoms with van der Waals surface area (Å²) >= 11 is 6.80. The minimum Gasteiger partial charge on any atom is -0.497 e. The Balaban J connectivity index is 1.70. The van der Waals surface area contributed by atoms with E-state index >= 15 is 0 Å². The van der Waals surface area contributed by atoms with Crippen molar-refractivity contribution in [1.82, 2.24) is 10.2 Å². The van der Waals surface area contributed by atoms with Crippen LogP contribution in [0.25, 0.3) is 11.1 Å². The van der Waals surface area contributed by atoms with E-state index in [1.807, 2.05) is 48.5 Å². The number of nitrogens with two attached hydrogens (primary N) is 1. The van der Waals surface area contributed by atoms with Crippen molar-refractivity contribution >= 4 is 23.4 Å². The van der Waals surface area contributed by atoms with Gasteiger partial charge in [0.15, 0.2) is 0 Å². The molecule has 4 rings (SSSR count). The molecule has 1 heterocycles. The molecule has 2 amide bonds. The lowest BCUT2D eigenvalue weighted by atomic mass is 9.72. The second-order valence-electron chi connectivity index (χ2n) is 10.4. The summed E-state index contributed by atoms with van der Waals surface area (Å²) in [6, 6.07) is 20.3. The van der Waals surface area contributed by atoms with E-state index in [0.717, 1.165) is 17.5 Å². The smallest absolute Gasteiger partial charge is 0.253 e. The molecular weight excluding hydrogens is 542 g/mol. The minimum absolute atomic E-state index is 0.0880. The van der Waals surface area contributed by atoms with Crippen molar-refractivity contribution in [2.75, 3.05) is 33.4 Å². The highest BCUT2D eigenvalue weighted by atomic mass is 35.5. The fourth-order valence-corrected chi connectivity index (χ4v) is 5.96. The van der Waals surface area contributed by atoms with Gasteiger partial charge in [-0.1, -0.05) is 48.0 Å². The van der Waals surface area contributed by atoms with Crippen LogP contribution in [0.1, 0.15) is 47.2 Å². The Morgan fingerprint density at radius 1 is 1.15 bits per heavy atom. The third kappa shape index (κ3) is 7.08. The maximum atomic E-state index is 13.5. The normalized spacial score (nSPS) is 16.6. The molecule has 0 radical (unpaired) electrons. The maximum Gasteiger partial charge on any atom is 0.253 e. The summed E-state index contributed by atoms with van der Waals surface area (Å²) in [5, 5.41) is 24.9. The number of piperidine rings is 1. The first-order valence-corrected chi connectivity index (χ1v) is 14.3. The van der Waals surface area contributed by atoms with E-state index in [0.29, 0.717) is 72.9 Å². The van der Waals surface area contributed by atoms with Crippen molar-refractivity contribution in [3.63, 3.8) is 0 Å². The number of benzene rings is 3. The van der Waals surface area contributed by atoms with Crippen molar-refractivity contribution in [1.29, 1.82) is 0 Å². The quantitative estimate of drug-likeness (QED) is 0.253. The number of hydrogen-bond acceptors (Lipinski definition) is 6. The van der Waals surface area contributed by atoms with E-state index in [4.69, 9.17) is 27.2 Å². The van der Waals surface area contributed by atoms with Crippen molar-refractivity contribution in [2.45, 2.75) is 37.8 Å². The second kappa shape index (κ2) is 14.0. The van der Waals surface area contributed by atoms with E-state index in [2.05, 4.69) is 5.32 Å². The molecular formula is C32H38ClN3O5. The van der Waals surface area contributed by atoms with Crippen LogP contribution in [0.5, 0.6) is 5.75 Å². The molecule has 2 unspecified atom stereocenters. The molecule has 3 aromatic rings. The van der Waals surface area contributed by atoms with Crippen molar-refractivity contribution < 1.29 is 24.5 Å². The van der Waals surface area contributed by atoms with Gasteiger partial charge in [-0.3, -0.25) is 9.59 Å². The van der Waals surface area contributed by atoms with Gasteiger partial charge < -0.3 is 30.9 Å². The van der Waals surface area contributed by atoms with Crippen LogP contribution in [0.4, 0.5) is 0 Å². The largest absolute Gasteiger partial charge is 0.497 e. The average molecular weight is 580 g/mol. The van der Waals surface area contributed by atoms with Crippen molar-refractivity contribution in [3.8, 4) is 16.9 Å². The predicted octanol–water partition coefficient (Wildman–Crippen LogP) is 4.10. The van der Waals surface area contributed by atoms with Crippen LogP contribution < -0.4 is 15.8 Å². The first-order chi connectivity index (χ1) is 19.8. The highest BCUT2D eigenvalue weighted by Crippen LogP contribution is 2.46. The van der Waals surface area contributed by atoms with E-state index in [-0.39, 0.29) is 11.8 Å². The molecule has 41 heavy (non-hydrogen) atoms. The molecule has 0 spiro atoms. The number of amides is 2.